The highest BCUT2D eigenvalue weighted by molar-refractivity contribution is 7.12. The summed E-state index contributed by atoms with van der Waals surface area (Å²) >= 11 is 7.23. The number of ether oxygens (including phenoxy) is 2. The Labute approximate surface area is 118 Å². The van der Waals surface area contributed by atoms with Crippen LogP contribution < -0.4 is 14.8 Å². The normalized spacial score (nSPS) is 13.1. The van der Waals surface area contributed by atoms with Gasteiger partial charge in [0.05, 0.1) is 5.02 Å². The molecule has 3 rings (SSSR count). The summed E-state index contributed by atoms with van der Waals surface area (Å²) in [5.41, 5.74) is 0.652. The second-order valence-electron chi connectivity index (χ2n) is 3.91. The van der Waals surface area contributed by atoms with Crippen molar-refractivity contribution in [3.05, 3.63) is 39.5 Å². The molecule has 2 aromatic rings. The monoisotopic (exact) mass is 295 g/mol. The summed E-state index contributed by atoms with van der Waals surface area (Å²) in [5.74, 6) is 1.11. The maximum absolute atomic E-state index is 12.0. The Morgan fingerprint density at radius 3 is 2.74 bits per heavy atom. The van der Waals surface area contributed by atoms with Gasteiger partial charge in [0.15, 0.2) is 11.5 Å². The van der Waals surface area contributed by atoms with Gasteiger partial charge in [-0.25, -0.2) is 0 Å². The Kier molecular flexibility index (Phi) is 3.31. The van der Waals surface area contributed by atoms with Crippen molar-refractivity contribution in [1.82, 2.24) is 0 Å². The third-order valence-corrected chi connectivity index (χ3v) is 3.96. The van der Waals surface area contributed by atoms with E-state index in [-0.39, 0.29) is 5.91 Å². The Balaban J connectivity index is 1.80. The summed E-state index contributed by atoms with van der Waals surface area (Å²) in [4.78, 5) is 12.5. The number of halogens is 1. The highest BCUT2D eigenvalue weighted by atomic mass is 35.5. The molecule has 1 aromatic carbocycles. The van der Waals surface area contributed by atoms with Gasteiger partial charge >= 0.3 is 0 Å². The molecular weight excluding hydrogens is 286 g/mol. The number of hydrogen-bond donors (Lipinski definition) is 1. The van der Waals surface area contributed by atoms with Gasteiger partial charge in [0.2, 0.25) is 0 Å². The van der Waals surface area contributed by atoms with E-state index in [0.717, 1.165) is 0 Å². The van der Waals surface area contributed by atoms with Crippen molar-refractivity contribution in [3.8, 4) is 11.5 Å². The first-order valence-electron chi connectivity index (χ1n) is 5.68. The SMILES string of the molecule is O=C(Nc1ccc2c(c1)OCCO2)c1sccc1Cl. The summed E-state index contributed by atoms with van der Waals surface area (Å²) in [7, 11) is 0. The van der Waals surface area contributed by atoms with Gasteiger partial charge in [-0.1, -0.05) is 11.6 Å². The van der Waals surface area contributed by atoms with Crippen LogP contribution in [0.5, 0.6) is 11.5 Å². The van der Waals surface area contributed by atoms with Crippen molar-refractivity contribution in [1.29, 1.82) is 0 Å². The van der Waals surface area contributed by atoms with Crippen LogP contribution in [0.25, 0.3) is 0 Å². The molecule has 19 heavy (non-hydrogen) atoms. The van der Waals surface area contributed by atoms with E-state index < -0.39 is 0 Å². The minimum atomic E-state index is -0.225. The highest BCUT2D eigenvalue weighted by Crippen LogP contribution is 2.33. The number of hydrogen-bond acceptors (Lipinski definition) is 4. The Hall–Kier alpha value is -1.72. The zero-order valence-corrected chi connectivity index (χ0v) is 11.4. The topological polar surface area (TPSA) is 47.6 Å². The van der Waals surface area contributed by atoms with Crippen LogP contribution in [0, 0.1) is 0 Å². The van der Waals surface area contributed by atoms with Gasteiger partial charge in [-0.2, -0.15) is 0 Å². The van der Waals surface area contributed by atoms with E-state index in [2.05, 4.69) is 5.32 Å². The zero-order chi connectivity index (χ0) is 13.2. The fourth-order valence-corrected chi connectivity index (χ4v) is 2.80. The fourth-order valence-electron chi connectivity index (χ4n) is 1.76. The van der Waals surface area contributed by atoms with Gasteiger partial charge in [0.1, 0.15) is 18.1 Å². The number of carbonyl (C=O) groups excluding carboxylic acids is 1. The molecule has 2 heterocycles. The number of benzene rings is 1. The standard InChI is InChI=1S/C13H10ClNO3S/c14-9-3-6-19-12(9)13(16)15-8-1-2-10-11(7-8)18-5-4-17-10/h1-3,6-7H,4-5H2,(H,15,16). The van der Waals surface area contributed by atoms with E-state index in [0.29, 0.717) is 40.3 Å². The molecule has 0 saturated carbocycles. The van der Waals surface area contributed by atoms with Crippen LogP contribution in [0.2, 0.25) is 5.02 Å². The molecule has 0 fully saturated rings. The van der Waals surface area contributed by atoms with Gasteiger partial charge in [0.25, 0.3) is 5.91 Å². The number of anilines is 1. The summed E-state index contributed by atoms with van der Waals surface area (Å²) in [6.45, 7) is 1.06. The second-order valence-corrected chi connectivity index (χ2v) is 5.23. The first kappa shape index (κ1) is 12.3. The van der Waals surface area contributed by atoms with Crippen LogP contribution in [0.4, 0.5) is 5.69 Å². The largest absolute Gasteiger partial charge is 0.486 e. The van der Waals surface area contributed by atoms with Crippen molar-refractivity contribution in [3.63, 3.8) is 0 Å². The van der Waals surface area contributed by atoms with E-state index >= 15 is 0 Å². The number of nitrogens with one attached hydrogen (secondary N) is 1. The predicted octanol–water partition coefficient (Wildman–Crippen LogP) is 3.43. The quantitative estimate of drug-likeness (QED) is 0.923. The Bertz CT molecular complexity index is 626. The summed E-state index contributed by atoms with van der Waals surface area (Å²) in [6.07, 6.45) is 0. The van der Waals surface area contributed by atoms with Gasteiger partial charge < -0.3 is 14.8 Å². The maximum atomic E-state index is 12.0. The first-order chi connectivity index (χ1) is 9.24. The lowest BCUT2D eigenvalue weighted by atomic mass is 10.2. The van der Waals surface area contributed by atoms with Gasteiger partial charge in [-0.3, -0.25) is 4.79 Å². The molecule has 1 aliphatic rings. The smallest absolute Gasteiger partial charge is 0.267 e. The predicted molar refractivity (Wildman–Crippen MR) is 74.7 cm³/mol. The van der Waals surface area contributed by atoms with Crippen LogP contribution in [-0.4, -0.2) is 19.1 Å². The molecule has 0 saturated heterocycles. The summed E-state index contributed by atoms with van der Waals surface area (Å²) in [6, 6.07) is 6.99. The van der Waals surface area contributed by atoms with Crippen molar-refractivity contribution in [2.45, 2.75) is 0 Å². The Morgan fingerprint density at radius 2 is 2.00 bits per heavy atom. The lowest BCUT2D eigenvalue weighted by Crippen LogP contribution is -2.16. The fraction of sp³-hybridized carbons (Fsp3) is 0.154. The van der Waals surface area contributed by atoms with Crippen LogP contribution in [0.3, 0.4) is 0 Å². The van der Waals surface area contributed by atoms with Crippen LogP contribution in [0.1, 0.15) is 9.67 Å². The van der Waals surface area contributed by atoms with E-state index in [1.165, 1.54) is 11.3 Å². The minimum Gasteiger partial charge on any atom is -0.486 e. The average molecular weight is 296 g/mol. The van der Waals surface area contributed by atoms with Crippen LogP contribution in [-0.2, 0) is 0 Å². The number of amides is 1. The number of rotatable bonds is 2. The molecule has 0 aliphatic carbocycles. The summed E-state index contributed by atoms with van der Waals surface area (Å²) in [5, 5.41) is 5.02. The molecule has 1 aliphatic heterocycles. The summed E-state index contributed by atoms with van der Waals surface area (Å²) < 4.78 is 10.9. The molecule has 1 N–H and O–H groups in total. The van der Waals surface area contributed by atoms with Gasteiger partial charge in [0, 0.05) is 11.8 Å². The van der Waals surface area contributed by atoms with Gasteiger partial charge in [-0.05, 0) is 23.6 Å². The number of carbonyl (C=O) groups is 1. The van der Waals surface area contributed by atoms with Crippen molar-refractivity contribution in [2.24, 2.45) is 0 Å². The van der Waals surface area contributed by atoms with Crippen LogP contribution >= 0.6 is 22.9 Å². The molecule has 6 heteroatoms. The van der Waals surface area contributed by atoms with E-state index in [1.54, 1.807) is 29.6 Å². The number of thiophene rings is 1. The van der Waals surface area contributed by atoms with E-state index in [1.807, 2.05) is 0 Å². The van der Waals surface area contributed by atoms with Crippen molar-refractivity contribution < 1.29 is 14.3 Å². The molecule has 0 spiro atoms. The van der Waals surface area contributed by atoms with E-state index in [9.17, 15) is 4.79 Å². The van der Waals surface area contributed by atoms with Crippen molar-refractivity contribution >= 4 is 34.5 Å². The molecule has 1 amide bonds. The zero-order valence-electron chi connectivity index (χ0n) is 9.81. The molecule has 0 radical (unpaired) electrons. The molecular formula is C13H10ClNO3S. The number of fused-ring (bicyclic) bond motifs is 1. The molecule has 0 bridgehead atoms. The minimum absolute atomic E-state index is 0.225. The third kappa shape index (κ3) is 2.52. The third-order valence-electron chi connectivity index (χ3n) is 2.62. The highest BCUT2D eigenvalue weighted by Gasteiger charge is 2.15. The van der Waals surface area contributed by atoms with E-state index in [4.69, 9.17) is 21.1 Å². The molecule has 98 valence electrons. The molecule has 0 atom stereocenters. The average Bonchev–Trinajstić information content (AvgIpc) is 2.85. The molecule has 0 unspecified atom stereocenters. The molecule has 4 nitrogen and oxygen atoms in total. The second kappa shape index (κ2) is 5.11. The lowest BCUT2D eigenvalue weighted by Gasteiger charge is -2.18. The maximum Gasteiger partial charge on any atom is 0.267 e. The Morgan fingerprint density at radius 1 is 1.21 bits per heavy atom. The van der Waals surface area contributed by atoms with Crippen molar-refractivity contribution in [2.75, 3.05) is 18.5 Å². The van der Waals surface area contributed by atoms with Crippen LogP contribution in [0.15, 0.2) is 29.6 Å². The first-order valence-corrected chi connectivity index (χ1v) is 6.94. The lowest BCUT2D eigenvalue weighted by molar-refractivity contribution is 0.103. The molecule has 1 aromatic heterocycles. The van der Waals surface area contributed by atoms with Gasteiger partial charge in [-0.15, -0.1) is 11.3 Å².